The number of hydrogen-bond donors (Lipinski definition) is 0. The monoisotopic (exact) mass is 865 g/mol. The average molecular weight is 866 g/mol. The van der Waals surface area contributed by atoms with E-state index in [1.165, 1.54) is 80.8 Å². The second kappa shape index (κ2) is 16.1. The molecule has 2 aromatic rings. The Labute approximate surface area is 397 Å². The summed E-state index contributed by atoms with van der Waals surface area (Å²) in [7, 11) is 0. The molecule has 0 spiro atoms. The Bertz CT molecular complexity index is 3090. The summed E-state index contributed by atoms with van der Waals surface area (Å²) in [6.45, 7) is 0. The van der Waals surface area contributed by atoms with E-state index in [9.17, 15) is 0 Å². The number of anilines is 1. The Morgan fingerprint density at radius 1 is 0.537 bits per heavy atom. The van der Waals surface area contributed by atoms with Crippen LogP contribution in [-0.2, 0) is 6.42 Å². The van der Waals surface area contributed by atoms with Gasteiger partial charge in [0, 0.05) is 41.0 Å². The maximum atomic E-state index is 2.67. The normalized spacial score (nSPS) is 32.5. The van der Waals surface area contributed by atoms with Crippen LogP contribution in [0.2, 0.25) is 0 Å². The van der Waals surface area contributed by atoms with Gasteiger partial charge < -0.3 is 4.90 Å². The third-order valence-electron chi connectivity index (χ3n) is 17.7. The van der Waals surface area contributed by atoms with E-state index in [1.807, 2.05) is 0 Å². The zero-order valence-electron chi connectivity index (χ0n) is 38.5. The topological polar surface area (TPSA) is 3.24 Å². The standard InChI is InChI=1S/C66H59N/c1-3-13-44-38-54(29-21-42(44)11-1)65-59-17-5-6-18-60(59)66(55-30-22-43-12-2-4-14-45(43)39-55)62-41-53(32-34-61(62)65)50-26-25-47-35-46(23-24-48(47)36-50)49-27-28-52-40-56(33-31-51(52)37-49)67-63-19-9-7-15-57(63)58-16-8-10-20-64(58)67/h1-12,14-16,18-24,29-34,36-38,41,44,47,52,55,57,59,61,63,65H,13,17,25-28,35,39-40H2. The molecule has 1 aliphatic heterocycles. The fraction of sp³-hybridized carbons (Fsp3) is 0.273. The lowest BCUT2D eigenvalue weighted by molar-refractivity contribution is 0.353. The Morgan fingerprint density at radius 3 is 2.31 bits per heavy atom. The quantitative estimate of drug-likeness (QED) is 0.289. The zero-order chi connectivity index (χ0) is 44.0. The van der Waals surface area contributed by atoms with E-state index >= 15 is 0 Å². The molecule has 0 fully saturated rings. The van der Waals surface area contributed by atoms with Crippen LogP contribution in [0.4, 0.5) is 5.69 Å². The van der Waals surface area contributed by atoms with E-state index in [1.54, 1.807) is 27.9 Å². The number of allylic oxidation sites excluding steroid dienone is 33. The van der Waals surface area contributed by atoms with Gasteiger partial charge >= 0.3 is 0 Å². The van der Waals surface area contributed by atoms with Crippen molar-refractivity contribution in [2.24, 2.45) is 41.4 Å². The Morgan fingerprint density at radius 2 is 1.34 bits per heavy atom. The van der Waals surface area contributed by atoms with Crippen LogP contribution >= 0.6 is 0 Å². The van der Waals surface area contributed by atoms with Gasteiger partial charge in [0.1, 0.15) is 0 Å². The Hall–Kier alpha value is -6.44. The number of hydrogen-bond acceptors (Lipinski definition) is 1. The average Bonchev–Trinajstić information content (AvgIpc) is 3.73. The van der Waals surface area contributed by atoms with Crippen LogP contribution in [0.1, 0.15) is 74.0 Å². The van der Waals surface area contributed by atoms with Crippen LogP contribution < -0.4 is 4.90 Å². The van der Waals surface area contributed by atoms with Gasteiger partial charge in [-0.3, -0.25) is 0 Å². The lowest BCUT2D eigenvalue weighted by Crippen LogP contribution is -2.36. The first-order valence-electron chi connectivity index (χ1n) is 25.7. The highest BCUT2D eigenvalue weighted by Gasteiger charge is 2.45. The largest absolute Gasteiger partial charge is 0.337 e. The van der Waals surface area contributed by atoms with Gasteiger partial charge in [0.2, 0.25) is 0 Å². The van der Waals surface area contributed by atoms with Crippen molar-refractivity contribution in [3.63, 3.8) is 0 Å². The Kier molecular flexibility index (Phi) is 9.55. The molecule has 0 amide bonds. The molecule has 0 N–H and O–H groups in total. The first-order chi connectivity index (χ1) is 33.2. The molecular weight excluding hydrogens is 807 g/mol. The van der Waals surface area contributed by atoms with Crippen LogP contribution in [0.15, 0.2) is 255 Å². The smallest absolute Gasteiger partial charge is 0.0626 e. The number of para-hydroxylation sites is 1. The van der Waals surface area contributed by atoms with E-state index in [4.69, 9.17) is 0 Å². The highest BCUT2D eigenvalue weighted by atomic mass is 15.2. The lowest BCUT2D eigenvalue weighted by atomic mass is 9.57. The van der Waals surface area contributed by atoms with E-state index in [0.717, 1.165) is 38.5 Å². The minimum atomic E-state index is 0.357. The van der Waals surface area contributed by atoms with Crippen LogP contribution in [0.25, 0.3) is 6.08 Å². The lowest BCUT2D eigenvalue weighted by Gasteiger charge is -2.46. The molecular formula is C66H59N. The Balaban J connectivity index is 0.775. The predicted molar refractivity (Wildman–Crippen MR) is 279 cm³/mol. The number of rotatable bonds is 5. The molecule has 9 unspecified atom stereocenters. The molecule has 0 aromatic heterocycles. The van der Waals surface area contributed by atoms with Crippen LogP contribution in [0.3, 0.4) is 0 Å². The van der Waals surface area contributed by atoms with Crippen molar-refractivity contribution in [3.05, 3.63) is 272 Å². The first-order valence-corrected chi connectivity index (χ1v) is 25.7. The maximum Gasteiger partial charge on any atom is 0.0626 e. The second-order valence-electron chi connectivity index (χ2n) is 21.2. The van der Waals surface area contributed by atoms with Gasteiger partial charge in [0.05, 0.1) is 6.04 Å². The highest BCUT2D eigenvalue weighted by Crippen LogP contribution is 2.56. The van der Waals surface area contributed by atoms with Crippen molar-refractivity contribution in [2.75, 3.05) is 4.90 Å². The molecule has 1 heteroatoms. The van der Waals surface area contributed by atoms with Crippen molar-refractivity contribution >= 4 is 11.8 Å². The highest BCUT2D eigenvalue weighted by molar-refractivity contribution is 5.70. The summed E-state index contributed by atoms with van der Waals surface area (Å²) in [6, 6.07) is 18.5. The minimum absolute atomic E-state index is 0.357. The molecule has 0 saturated carbocycles. The molecule has 1 heterocycles. The van der Waals surface area contributed by atoms with Crippen LogP contribution in [-0.4, -0.2) is 6.04 Å². The van der Waals surface area contributed by atoms with Gasteiger partial charge in [-0.25, -0.2) is 0 Å². The van der Waals surface area contributed by atoms with Gasteiger partial charge in [0.25, 0.3) is 0 Å². The van der Waals surface area contributed by atoms with Gasteiger partial charge in [-0.15, -0.1) is 0 Å². The molecule has 328 valence electrons. The molecule has 0 bridgehead atoms. The van der Waals surface area contributed by atoms with Gasteiger partial charge in [-0.05, 0) is 166 Å². The zero-order valence-corrected chi connectivity index (χ0v) is 38.5. The second-order valence-corrected chi connectivity index (χ2v) is 21.2. The van der Waals surface area contributed by atoms with Gasteiger partial charge in [-0.2, -0.15) is 0 Å². The van der Waals surface area contributed by atoms with E-state index in [0.29, 0.717) is 53.4 Å². The third kappa shape index (κ3) is 6.70. The fourth-order valence-corrected chi connectivity index (χ4v) is 14.4. The fourth-order valence-electron chi connectivity index (χ4n) is 14.4. The predicted octanol–water partition coefficient (Wildman–Crippen LogP) is 15.7. The molecule has 9 atom stereocenters. The van der Waals surface area contributed by atoms with Gasteiger partial charge in [-0.1, -0.05) is 182 Å². The summed E-state index contributed by atoms with van der Waals surface area (Å²) in [4.78, 5) is 2.65. The molecule has 0 saturated heterocycles. The molecule has 2 aromatic carbocycles. The SMILES string of the molecule is C1=CCC2C=C(C3C4C=CC(C5=CC6=CC=C(C7=CC8=CC=C(N9c%10ccccc%10C%10C=CC=CC%109)CC8CC7)CC6CC5)=CC4=C(C4C=Cc5ccccc5C4)C4=CC=CCC43)C=CC2=C1. The van der Waals surface area contributed by atoms with Crippen molar-refractivity contribution in [2.45, 2.75) is 69.7 Å². The molecule has 1 nitrogen and oxygen atoms in total. The van der Waals surface area contributed by atoms with E-state index in [2.05, 4.69) is 199 Å². The van der Waals surface area contributed by atoms with Crippen LogP contribution in [0, 0.1) is 41.4 Å². The van der Waals surface area contributed by atoms with E-state index in [-0.39, 0.29) is 0 Å². The number of nitrogens with zero attached hydrogens (tertiary/aromatic N) is 1. The van der Waals surface area contributed by atoms with Crippen molar-refractivity contribution in [1.82, 2.24) is 0 Å². The van der Waals surface area contributed by atoms with Crippen molar-refractivity contribution < 1.29 is 0 Å². The van der Waals surface area contributed by atoms with Crippen molar-refractivity contribution in [3.8, 4) is 0 Å². The third-order valence-corrected chi connectivity index (χ3v) is 17.7. The number of benzene rings is 2. The van der Waals surface area contributed by atoms with Crippen molar-refractivity contribution in [1.29, 1.82) is 0 Å². The molecule has 0 radical (unpaired) electrons. The molecule has 14 rings (SSSR count). The molecule has 11 aliphatic carbocycles. The summed E-state index contributed by atoms with van der Waals surface area (Å²) in [5.41, 5.74) is 24.1. The summed E-state index contributed by atoms with van der Waals surface area (Å²) >= 11 is 0. The van der Waals surface area contributed by atoms with Crippen LogP contribution in [0.5, 0.6) is 0 Å². The minimum Gasteiger partial charge on any atom is -0.337 e. The van der Waals surface area contributed by atoms with E-state index < -0.39 is 0 Å². The van der Waals surface area contributed by atoms with Gasteiger partial charge in [0.15, 0.2) is 0 Å². The maximum absolute atomic E-state index is 2.67. The summed E-state index contributed by atoms with van der Waals surface area (Å²) < 4.78 is 0. The molecule has 12 aliphatic rings. The summed E-state index contributed by atoms with van der Waals surface area (Å²) in [5, 5.41) is 0. The summed E-state index contributed by atoms with van der Waals surface area (Å²) in [6.07, 6.45) is 69.2. The number of fused-ring (bicyclic) bond motifs is 9. The first kappa shape index (κ1) is 39.7. The molecule has 67 heavy (non-hydrogen) atoms. The summed E-state index contributed by atoms with van der Waals surface area (Å²) in [5.74, 6) is 3.75.